The molecule has 1 atom stereocenters. The number of fused-ring (bicyclic) bond motifs is 3. The van der Waals surface area contributed by atoms with Crippen molar-refractivity contribution in [2.75, 3.05) is 6.61 Å². The molecule has 0 aliphatic carbocycles. The Bertz CT molecular complexity index is 914. The lowest BCUT2D eigenvalue weighted by molar-refractivity contribution is 0.0764. The molecule has 4 rings (SSSR count). The molecule has 4 heteroatoms. The van der Waals surface area contributed by atoms with Crippen LogP contribution in [-0.4, -0.2) is 17.0 Å². The van der Waals surface area contributed by atoms with E-state index in [1.54, 1.807) is 0 Å². The average Bonchev–Trinajstić information content (AvgIpc) is 2.89. The van der Waals surface area contributed by atoms with E-state index in [4.69, 9.17) is 4.74 Å². The van der Waals surface area contributed by atoms with Gasteiger partial charge in [-0.2, -0.15) is 0 Å². The molecule has 3 nitrogen and oxygen atoms in total. The number of aryl methyl sites for hydroxylation is 1. The highest BCUT2D eigenvalue weighted by molar-refractivity contribution is 9.10. The van der Waals surface area contributed by atoms with Crippen LogP contribution < -0.4 is 0 Å². The van der Waals surface area contributed by atoms with Crippen molar-refractivity contribution in [3.63, 3.8) is 0 Å². The van der Waals surface area contributed by atoms with Gasteiger partial charge in [0, 0.05) is 46.0 Å². The predicted molar refractivity (Wildman–Crippen MR) is 98.4 cm³/mol. The molecule has 0 amide bonds. The Hall–Kier alpha value is -1.91. The Morgan fingerprint density at radius 2 is 2.04 bits per heavy atom. The van der Waals surface area contributed by atoms with E-state index in [9.17, 15) is 4.79 Å². The van der Waals surface area contributed by atoms with E-state index in [0.717, 1.165) is 10.0 Å². The van der Waals surface area contributed by atoms with Crippen LogP contribution in [0.5, 0.6) is 0 Å². The van der Waals surface area contributed by atoms with Crippen molar-refractivity contribution in [2.45, 2.75) is 18.9 Å². The van der Waals surface area contributed by atoms with E-state index in [0.29, 0.717) is 19.6 Å². The van der Waals surface area contributed by atoms with Gasteiger partial charge in [-0.15, -0.1) is 0 Å². The lowest BCUT2D eigenvalue weighted by Gasteiger charge is -2.24. The van der Waals surface area contributed by atoms with Crippen molar-refractivity contribution >= 4 is 32.6 Å². The number of benzene rings is 2. The molecule has 0 N–H and O–H groups in total. The Balaban J connectivity index is 1.76. The average molecular weight is 384 g/mol. The molecule has 122 valence electrons. The van der Waals surface area contributed by atoms with Crippen molar-refractivity contribution in [3.8, 4) is 0 Å². The molecule has 0 fully saturated rings. The van der Waals surface area contributed by atoms with Crippen molar-refractivity contribution in [2.24, 2.45) is 7.05 Å². The van der Waals surface area contributed by atoms with Crippen molar-refractivity contribution in [3.05, 3.63) is 69.8 Å². The maximum Gasteiger partial charge on any atom is 0.163 e. The van der Waals surface area contributed by atoms with Gasteiger partial charge in [-0.05, 0) is 23.8 Å². The quantitative estimate of drug-likeness (QED) is 0.606. The summed E-state index contributed by atoms with van der Waals surface area (Å²) in [6, 6.07) is 15.8. The summed E-state index contributed by atoms with van der Waals surface area (Å²) in [5.74, 6) is 0.267. The fraction of sp³-hybridized carbons (Fsp3) is 0.250. The van der Waals surface area contributed by atoms with E-state index < -0.39 is 0 Å². The number of Topliss-reactive ketones (excluding diaryl/α,β-unsaturated/α-hetero) is 1. The van der Waals surface area contributed by atoms with E-state index in [2.05, 4.69) is 45.7 Å². The number of hydrogen-bond acceptors (Lipinski definition) is 2. The maximum atomic E-state index is 12.7. The Morgan fingerprint density at radius 3 is 2.83 bits per heavy atom. The van der Waals surface area contributed by atoms with Crippen LogP contribution in [0, 0.1) is 0 Å². The van der Waals surface area contributed by atoms with Crippen LogP contribution in [0.1, 0.15) is 34.0 Å². The minimum absolute atomic E-state index is 0.0967. The van der Waals surface area contributed by atoms with Crippen LogP contribution >= 0.6 is 15.9 Å². The third-order valence-corrected chi connectivity index (χ3v) is 5.31. The lowest BCUT2D eigenvalue weighted by atomic mass is 9.89. The normalized spacial score (nSPS) is 17.0. The van der Waals surface area contributed by atoms with Gasteiger partial charge in [0.25, 0.3) is 0 Å². The molecule has 1 aromatic heterocycles. The first kappa shape index (κ1) is 15.6. The Kier molecular flexibility index (Phi) is 4.02. The number of ether oxygens (including phenoxy) is 1. The second-order valence-corrected chi connectivity index (χ2v) is 7.20. The van der Waals surface area contributed by atoms with E-state index >= 15 is 0 Å². The molecule has 24 heavy (non-hydrogen) atoms. The minimum Gasteiger partial charge on any atom is -0.375 e. The highest BCUT2D eigenvalue weighted by Gasteiger charge is 2.29. The third kappa shape index (κ3) is 2.60. The van der Waals surface area contributed by atoms with Gasteiger partial charge in [0.05, 0.1) is 13.2 Å². The summed E-state index contributed by atoms with van der Waals surface area (Å²) < 4.78 is 9.05. The molecule has 0 saturated carbocycles. The molecule has 1 aliphatic heterocycles. The molecule has 1 unspecified atom stereocenters. The lowest BCUT2D eigenvalue weighted by Crippen LogP contribution is -2.20. The first-order chi connectivity index (χ1) is 11.6. The van der Waals surface area contributed by atoms with Crippen LogP contribution in [0.4, 0.5) is 0 Å². The molecule has 0 bridgehead atoms. The number of carbonyl (C=O) groups is 1. The van der Waals surface area contributed by atoms with Gasteiger partial charge < -0.3 is 9.30 Å². The van der Waals surface area contributed by atoms with E-state index in [1.165, 1.54) is 22.2 Å². The largest absolute Gasteiger partial charge is 0.375 e. The minimum atomic E-state index is 0.0967. The molecule has 2 aromatic carbocycles. The van der Waals surface area contributed by atoms with Gasteiger partial charge >= 0.3 is 0 Å². The molecular weight excluding hydrogens is 366 g/mol. The number of aromatic nitrogens is 1. The molecule has 3 aromatic rings. The summed E-state index contributed by atoms with van der Waals surface area (Å²) in [7, 11) is 2.07. The summed E-state index contributed by atoms with van der Waals surface area (Å²) in [6.45, 7) is 1.20. The zero-order valence-corrected chi connectivity index (χ0v) is 15.0. The fourth-order valence-electron chi connectivity index (χ4n) is 3.64. The molecule has 0 saturated heterocycles. The molecule has 0 spiro atoms. The number of halogens is 1. The van der Waals surface area contributed by atoms with E-state index in [1.807, 2.05) is 30.3 Å². The molecular formula is C20H18BrNO2. The third-order valence-electron chi connectivity index (χ3n) is 4.82. The van der Waals surface area contributed by atoms with E-state index in [-0.39, 0.29) is 11.7 Å². The van der Waals surface area contributed by atoms with Crippen molar-refractivity contribution in [1.29, 1.82) is 0 Å². The molecule has 2 heterocycles. The maximum absolute atomic E-state index is 12.7. The summed E-state index contributed by atoms with van der Waals surface area (Å²) in [5, 5.41) is 1.22. The highest BCUT2D eigenvalue weighted by Crippen LogP contribution is 2.38. The van der Waals surface area contributed by atoms with Crippen LogP contribution in [0.3, 0.4) is 0 Å². The van der Waals surface area contributed by atoms with Crippen LogP contribution in [-0.2, 0) is 18.4 Å². The molecule has 0 radical (unpaired) electrons. The zero-order chi connectivity index (χ0) is 16.7. The number of ketones is 1. The number of carbonyl (C=O) groups excluding carboxylic acids is 1. The Morgan fingerprint density at radius 1 is 1.25 bits per heavy atom. The first-order valence-electron chi connectivity index (χ1n) is 8.08. The predicted octanol–water partition coefficient (Wildman–Crippen LogP) is 4.83. The highest BCUT2D eigenvalue weighted by atomic mass is 79.9. The smallest absolute Gasteiger partial charge is 0.163 e. The SMILES string of the molecule is Cn1c2c(c3cc(Br)ccc31)C(CC(=O)c1ccccc1)COC2. The van der Waals surface area contributed by atoms with Gasteiger partial charge in [0.2, 0.25) is 0 Å². The summed E-state index contributed by atoms with van der Waals surface area (Å²) >= 11 is 3.57. The molecule has 1 aliphatic rings. The van der Waals surface area contributed by atoms with Gasteiger partial charge in [-0.25, -0.2) is 0 Å². The summed E-state index contributed by atoms with van der Waals surface area (Å²) in [4.78, 5) is 12.7. The van der Waals surface area contributed by atoms with Crippen LogP contribution in [0.2, 0.25) is 0 Å². The second-order valence-electron chi connectivity index (χ2n) is 6.29. The van der Waals surface area contributed by atoms with Gasteiger partial charge in [-0.1, -0.05) is 46.3 Å². The zero-order valence-electron chi connectivity index (χ0n) is 13.5. The standard InChI is InChI=1S/C20H18BrNO2/c1-22-17-8-7-15(21)10-16(17)20-14(11-24-12-18(20)22)9-19(23)13-5-3-2-4-6-13/h2-8,10,14H,9,11-12H2,1H3. The number of hydrogen-bond donors (Lipinski definition) is 0. The second kappa shape index (κ2) is 6.19. The monoisotopic (exact) mass is 383 g/mol. The van der Waals surface area contributed by atoms with Crippen LogP contribution in [0.15, 0.2) is 53.0 Å². The first-order valence-corrected chi connectivity index (χ1v) is 8.87. The fourth-order valence-corrected chi connectivity index (χ4v) is 4.00. The summed E-state index contributed by atoms with van der Waals surface area (Å²) in [6.07, 6.45) is 0.475. The van der Waals surface area contributed by atoms with Crippen molar-refractivity contribution < 1.29 is 9.53 Å². The van der Waals surface area contributed by atoms with Gasteiger partial charge in [0.15, 0.2) is 5.78 Å². The van der Waals surface area contributed by atoms with Gasteiger partial charge in [0.1, 0.15) is 0 Å². The van der Waals surface area contributed by atoms with Gasteiger partial charge in [-0.3, -0.25) is 4.79 Å². The number of nitrogens with zero attached hydrogens (tertiary/aromatic N) is 1. The topological polar surface area (TPSA) is 31.2 Å². The van der Waals surface area contributed by atoms with Crippen LogP contribution in [0.25, 0.3) is 10.9 Å². The van der Waals surface area contributed by atoms with Crippen molar-refractivity contribution in [1.82, 2.24) is 4.57 Å². The number of rotatable bonds is 3. The summed E-state index contributed by atoms with van der Waals surface area (Å²) in [5.41, 5.74) is 4.40. The Labute approximate surface area is 149 Å².